The van der Waals surface area contributed by atoms with E-state index in [4.69, 9.17) is 10.2 Å². The quantitative estimate of drug-likeness (QED) is 0.300. The molecule has 7 heteroatoms. The lowest BCUT2D eigenvalue weighted by molar-refractivity contribution is -0.129. The Morgan fingerprint density at radius 3 is 2.20 bits per heavy atom. The number of hydrogen-bond donors (Lipinski definition) is 5. The standard InChI is InChI=1S/C8H15NO6/c1-4(12)9-5(2-10)7(14)8(15)6(13)3-11/h2,5-8,11,13-15H,3H2,1H3,(H,9,12)/t5-,6-,7+,8+/m0/s1. The molecule has 0 aliphatic heterocycles. The van der Waals surface area contributed by atoms with Gasteiger partial charge in [0.2, 0.25) is 5.91 Å². The lowest BCUT2D eigenvalue weighted by Crippen LogP contribution is -2.53. The molecule has 0 unspecified atom stereocenters. The number of carbonyl (C=O) groups is 2. The first-order valence-corrected chi connectivity index (χ1v) is 4.31. The molecule has 0 heterocycles. The summed E-state index contributed by atoms with van der Waals surface area (Å²) in [6, 6.07) is -1.32. The Morgan fingerprint density at radius 1 is 1.33 bits per heavy atom. The average molecular weight is 221 g/mol. The molecule has 0 aromatic carbocycles. The van der Waals surface area contributed by atoms with Crippen LogP contribution >= 0.6 is 0 Å². The van der Waals surface area contributed by atoms with Crippen LogP contribution in [0.15, 0.2) is 0 Å². The van der Waals surface area contributed by atoms with Gasteiger partial charge in [0.1, 0.15) is 30.6 Å². The van der Waals surface area contributed by atoms with E-state index in [0.717, 1.165) is 6.92 Å². The molecule has 4 atom stereocenters. The number of carbonyl (C=O) groups excluding carboxylic acids is 2. The smallest absolute Gasteiger partial charge is 0.217 e. The normalized spacial score (nSPS) is 18.7. The zero-order valence-electron chi connectivity index (χ0n) is 8.20. The Labute approximate surface area is 86.3 Å². The number of aldehydes is 1. The second-order valence-corrected chi connectivity index (χ2v) is 3.09. The summed E-state index contributed by atoms with van der Waals surface area (Å²) < 4.78 is 0. The number of rotatable bonds is 6. The van der Waals surface area contributed by atoms with Crippen LogP contribution in [0, 0.1) is 0 Å². The Balaban J connectivity index is 4.42. The molecule has 88 valence electrons. The van der Waals surface area contributed by atoms with E-state index in [1.165, 1.54) is 0 Å². The molecule has 0 fully saturated rings. The molecule has 0 bridgehead atoms. The zero-order chi connectivity index (χ0) is 12.0. The average Bonchev–Trinajstić information content (AvgIpc) is 2.22. The first-order chi connectivity index (χ1) is 6.93. The Hall–Kier alpha value is -1.02. The van der Waals surface area contributed by atoms with Gasteiger partial charge in [0, 0.05) is 6.92 Å². The van der Waals surface area contributed by atoms with Crippen molar-refractivity contribution in [2.24, 2.45) is 0 Å². The lowest BCUT2D eigenvalue weighted by Gasteiger charge is -2.25. The molecule has 0 aromatic rings. The largest absolute Gasteiger partial charge is 0.394 e. The van der Waals surface area contributed by atoms with E-state index in [0.29, 0.717) is 0 Å². The van der Waals surface area contributed by atoms with Gasteiger partial charge in [-0.2, -0.15) is 0 Å². The van der Waals surface area contributed by atoms with Crippen LogP contribution in [0.25, 0.3) is 0 Å². The SMILES string of the molecule is CC(=O)N[C@@H](C=O)[C@@H](O)[C@H](O)[C@@H](O)CO. The van der Waals surface area contributed by atoms with Crippen LogP contribution in [-0.2, 0) is 9.59 Å². The second-order valence-electron chi connectivity index (χ2n) is 3.09. The summed E-state index contributed by atoms with van der Waals surface area (Å²) >= 11 is 0. The molecule has 0 aliphatic carbocycles. The van der Waals surface area contributed by atoms with Gasteiger partial charge in [0.25, 0.3) is 0 Å². The van der Waals surface area contributed by atoms with E-state index in [9.17, 15) is 19.8 Å². The van der Waals surface area contributed by atoms with Gasteiger partial charge in [-0.05, 0) is 0 Å². The minimum Gasteiger partial charge on any atom is -0.394 e. The van der Waals surface area contributed by atoms with E-state index in [2.05, 4.69) is 5.32 Å². The lowest BCUT2D eigenvalue weighted by atomic mass is 10.0. The van der Waals surface area contributed by atoms with Crippen LogP contribution in [0.3, 0.4) is 0 Å². The minimum absolute atomic E-state index is 0.235. The molecule has 1 amide bonds. The Morgan fingerprint density at radius 2 is 1.87 bits per heavy atom. The van der Waals surface area contributed by atoms with Gasteiger partial charge in [-0.15, -0.1) is 0 Å². The molecule has 0 saturated heterocycles. The van der Waals surface area contributed by atoms with Crippen molar-refractivity contribution in [1.29, 1.82) is 0 Å². The molecule has 5 N–H and O–H groups in total. The van der Waals surface area contributed by atoms with Gasteiger partial charge in [-0.25, -0.2) is 0 Å². The third-order valence-electron chi connectivity index (χ3n) is 1.82. The highest BCUT2D eigenvalue weighted by Gasteiger charge is 2.31. The van der Waals surface area contributed by atoms with Crippen molar-refractivity contribution >= 4 is 12.2 Å². The van der Waals surface area contributed by atoms with Crippen molar-refractivity contribution in [2.75, 3.05) is 6.61 Å². The maximum absolute atomic E-state index is 10.6. The van der Waals surface area contributed by atoms with Crippen LogP contribution in [-0.4, -0.2) is 63.6 Å². The van der Waals surface area contributed by atoms with Gasteiger partial charge in [0.15, 0.2) is 0 Å². The van der Waals surface area contributed by atoms with Crippen molar-refractivity contribution in [3.05, 3.63) is 0 Å². The molecular weight excluding hydrogens is 206 g/mol. The van der Waals surface area contributed by atoms with Gasteiger partial charge in [0.05, 0.1) is 6.61 Å². The molecule has 0 spiro atoms. The number of aliphatic hydroxyl groups excluding tert-OH is 4. The summed E-state index contributed by atoms with van der Waals surface area (Å²) in [7, 11) is 0. The fourth-order valence-electron chi connectivity index (χ4n) is 0.983. The molecule has 0 aromatic heterocycles. The molecule has 7 nitrogen and oxygen atoms in total. The summed E-state index contributed by atoms with van der Waals surface area (Å²) in [6.07, 6.45) is -4.72. The van der Waals surface area contributed by atoms with Crippen molar-refractivity contribution in [2.45, 2.75) is 31.3 Å². The Kier molecular flexibility index (Phi) is 6.02. The van der Waals surface area contributed by atoms with E-state index >= 15 is 0 Å². The number of aliphatic hydroxyl groups is 4. The number of hydrogen-bond acceptors (Lipinski definition) is 6. The molecular formula is C8H15NO6. The van der Waals surface area contributed by atoms with Gasteiger partial charge < -0.3 is 30.5 Å². The molecule has 0 aliphatic rings. The highest BCUT2D eigenvalue weighted by molar-refractivity contribution is 5.77. The fourth-order valence-corrected chi connectivity index (χ4v) is 0.983. The summed E-state index contributed by atoms with van der Waals surface area (Å²) in [6.45, 7) is 0.377. The van der Waals surface area contributed by atoms with E-state index in [1.807, 2.05) is 0 Å². The summed E-state index contributed by atoms with van der Waals surface area (Å²) in [4.78, 5) is 21.1. The van der Waals surface area contributed by atoms with Crippen molar-refractivity contribution in [3.63, 3.8) is 0 Å². The maximum atomic E-state index is 10.6. The van der Waals surface area contributed by atoms with Crippen LogP contribution < -0.4 is 5.32 Å². The van der Waals surface area contributed by atoms with Crippen molar-refractivity contribution in [3.8, 4) is 0 Å². The minimum atomic E-state index is -1.71. The first kappa shape index (κ1) is 14.0. The fraction of sp³-hybridized carbons (Fsp3) is 0.750. The van der Waals surface area contributed by atoms with Crippen LogP contribution in [0.1, 0.15) is 6.92 Å². The number of amides is 1. The van der Waals surface area contributed by atoms with Gasteiger partial charge in [-0.1, -0.05) is 0 Å². The Bertz CT molecular complexity index is 221. The molecule has 0 radical (unpaired) electrons. The van der Waals surface area contributed by atoms with Gasteiger partial charge in [-0.3, -0.25) is 4.79 Å². The van der Waals surface area contributed by atoms with E-state index in [-0.39, 0.29) is 6.29 Å². The van der Waals surface area contributed by atoms with Gasteiger partial charge >= 0.3 is 0 Å². The monoisotopic (exact) mass is 221 g/mol. The first-order valence-electron chi connectivity index (χ1n) is 4.31. The zero-order valence-corrected chi connectivity index (χ0v) is 8.20. The van der Waals surface area contributed by atoms with E-state index in [1.54, 1.807) is 0 Å². The maximum Gasteiger partial charge on any atom is 0.217 e. The molecule has 0 rings (SSSR count). The predicted molar refractivity (Wildman–Crippen MR) is 48.8 cm³/mol. The summed E-state index contributed by atoms with van der Waals surface area (Å²) in [5.74, 6) is -0.558. The number of nitrogens with one attached hydrogen (secondary N) is 1. The highest BCUT2D eigenvalue weighted by atomic mass is 16.4. The third-order valence-corrected chi connectivity index (χ3v) is 1.82. The van der Waals surface area contributed by atoms with Crippen LogP contribution in [0.4, 0.5) is 0 Å². The van der Waals surface area contributed by atoms with Crippen LogP contribution in [0.2, 0.25) is 0 Å². The van der Waals surface area contributed by atoms with Crippen molar-refractivity contribution < 1.29 is 30.0 Å². The van der Waals surface area contributed by atoms with Crippen LogP contribution in [0.5, 0.6) is 0 Å². The second kappa shape index (κ2) is 6.46. The summed E-state index contributed by atoms with van der Waals surface area (Å²) in [5, 5.41) is 38.2. The highest BCUT2D eigenvalue weighted by Crippen LogP contribution is 2.03. The van der Waals surface area contributed by atoms with E-state index < -0.39 is 36.9 Å². The van der Waals surface area contributed by atoms with Crippen molar-refractivity contribution in [1.82, 2.24) is 5.32 Å². The topological polar surface area (TPSA) is 127 Å². The molecule has 0 saturated carbocycles. The molecule has 15 heavy (non-hydrogen) atoms. The third kappa shape index (κ3) is 4.34. The predicted octanol–water partition coefficient (Wildman–Crippen LogP) is -3.23. The summed E-state index contributed by atoms with van der Waals surface area (Å²) in [5.41, 5.74) is 0.